The Bertz CT molecular complexity index is 788. The van der Waals surface area contributed by atoms with E-state index in [-0.39, 0.29) is 19.8 Å². The van der Waals surface area contributed by atoms with Crippen molar-refractivity contribution >= 4 is 25.3 Å². The third-order valence-electron chi connectivity index (χ3n) is 3.92. The van der Waals surface area contributed by atoms with E-state index in [2.05, 4.69) is 5.32 Å². The van der Waals surface area contributed by atoms with Gasteiger partial charge in [0.25, 0.3) is 0 Å². The van der Waals surface area contributed by atoms with Crippen molar-refractivity contribution in [1.29, 1.82) is 0 Å². The van der Waals surface area contributed by atoms with Gasteiger partial charge in [0, 0.05) is 5.02 Å². The van der Waals surface area contributed by atoms with E-state index in [0.717, 1.165) is 5.56 Å². The summed E-state index contributed by atoms with van der Waals surface area (Å²) in [7, 11) is -3.70. The lowest BCUT2D eigenvalue weighted by Crippen LogP contribution is -2.30. The van der Waals surface area contributed by atoms with Crippen LogP contribution in [-0.4, -0.2) is 19.3 Å². The lowest BCUT2D eigenvalue weighted by molar-refractivity contribution is 0.134. The number of carbonyl (C=O) groups is 1. The molecule has 0 aliphatic heterocycles. The number of rotatable bonds is 11. The molecule has 0 spiro atoms. The standard InChI is InChI=1S/C21H27ClNO5P/c1-3-14-27-29(25,28-15-4-2)20(18-10-12-19(22)13-11-18)23-21(24)26-16-17-8-6-5-7-9-17/h5-13,20H,3-4,14-16H2,1-2H3,(H,23,24)/t20-/m1/s1. The highest BCUT2D eigenvalue weighted by Crippen LogP contribution is 2.59. The van der Waals surface area contributed by atoms with Gasteiger partial charge in [-0.15, -0.1) is 0 Å². The first-order valence-electron chi connectivity index (χ1n) is 9.60. The van der Waals surface area contributed by atoms with Gasteiger partial charge in [0.2, 0.25) is 0 Å². The van der Waals surface area contributed by atoms with Crippen LogP contribution < -0.4 is 5.32 Å². The number of alkyl carbamates (subject to hydrolysis) is 1. The Kier molecular flexibility index (Phi) is 9.68. The van der Waals surface area contributed by atoms with Crippen molar-refractivity contribution in [3.63, 3.8) is 0 Å². The molecule has 0 aliphatic rings. The number of hydrogen-bond acceptors (Lipinski definition) is 5. The number of ether oxygens (including phenoxy) is 1. The maximum Gasteiger partial charge on any atom is 0.408 e. The highest BCUT2D eigenvalue weighted by atomic mass is 35.5. The van der Waals surface area contributed by atoms with Crippen LogP contribution in [0.15, 0.2) is 54.6 Å². The summed E-state index contributed by atoms with van der Waals surface area (Å²) >= 11 is 5.98. The minimum atomic E-state index is -3.70. The van der Waals surface area contributed by atoms with Crippen molar-refractivity contribution in [3.05, 3.63) is 70.7 Å². The molecule has 2 rings (SSSR count). The highest BCUT2D eigenvalue weighted by molar-refractivity contribution is 7.54. The van der Waals surface area contributed by atoms with Gasteiger partial charge < -0.3 is 19.1 Å². The molecule has 158 valence electrons. The molecule has 0 radical (unpaired) electrons. The van der Waals surface area contributed by atoms with Crippen LogP contribution in [0.1, 0.15) is 43.6 Å². The van der Waals surface area contributed by atoms with E-state index in [4.69, 9.17) is 25.4 Å². The van der Waals surface area contributed by atoms with Crippen molar-refractivity contribution in [2.24, 2.45) is 0 Å². The Labute approximate surface area is 177 Å². The van der Waals surface area contributed by atoms with Crippen molar-refractivity contribution in [3.8, 4) is 0 Å². The molecular formula is C21H27ClNO5P. The van der Waals surface area contributed by atoms with Crippen LogP contribution in [0, 0.1) is 0 Å². The second-order valence-electron chi connectivity index (χ2n) is 6.37. The molecule has 1 atom stereocenters. The number of benzene rings is 2. The van der Waals surface area contributed by atoms with Crippen molar-refractivity contribution in [1.82, 2.24) is 5.32 Å². The Balaban J connectivity index is 2.21. The SMILES string of the molecule is CCCOP(=O)(OCCC)[C@@H](NC(=O)OCc1ccccc1)c1ccc(Cl)cc1. The molecule has 0 bridgehead atoms. The first kappa shape index (κ1) is 23.4. The summed E-state index contributed by atoms with van der Waals surface area (Å²) in [6, 6.07) is 16.0. The van der Waals surface area contributed by atoms with Gasteiger partial charge in [0.15, 0.2) is 5.78 Å². The average molecular weight is 440 g/mol. The number of carbonyl (C=O) groups excluding carboxylic acids is 1. The van der Waals surface area contributed by atoms with Crippen LogP contribution in [0.4, 0.5) is 4.79 Å². The fourth-order valence-electron chi connectivity index (χ4n) is 2.49. The molecular weight excluding hydrogens is 413 g/mol. The van der Waals surface area contributed by atoms with Crippen molar-refractivity contribution < 1.29 is 23.1 Å². The van der Waals surface area contributed by atoms with Crippen molar-refractivity contribution in [2.45, 2.75) is 39.1 Å². The summed E-state index contributed by atoms with van der Waals surface area (Å²) < 4.78 is 30.1. The van der Waals surface area contributed by atoms with Crippen molar-refractivity contribution in [2.75, 3.05) is 13.2 Å². The largest absolute Gasteiger partial charge is 0.445 e. The number of hydrogen-bond donors (Lipinski definition) is 1. The van der Waals surface area contributed by atoms with Gasteiger partial charge in [0.1, 0.15) is 6.61 Å². The molecule has 8 heteroatoms. The molecule has 0 aliphatic carbocycles. The van der Waals surface area contributed by atoms with Gasteiger partial charge in [-0.05, 0) is 36.1 Å². The predicted molar refractivity (Wildman–Crippen MR) is 114 cm³/mol. The summed E-state index contributed by atoms with van der Waals surface area (Å²) in [5.41, 5.74) is 1.40. The van der Waals surface area contributed by atoms with Crippen LogP contribution in [0.25, 0.3) is 0 Å². The lowest BCUT2D eigenvalue weighted by atomic mass is 10.2. The monoisotopic (exact) mass is 439 g/mol. The lowest BCUT2D eigenvalue weighted by Gasteiger charge is -2.27. The third kappa shape index (κ3) is 7.48. The maximum absolute atomic E-state index is 13.6. The fourth-order valence-corrected chi connectivity index (χ4v) is 4.66. The van der Waals surface area contributed by atoms with Gasteiger partial charge >= 0.3 is 13.7 Å². The van der Waals surface area contributed by atoms with Crippen LogP contribution in [0.5, 0.6) is 0 Å². The fraction of sp³-hybridized carbons (Fsp3) is 0.381. The van der Waals surface area contributed by atoms with E-state index < -0.39 is 19.5 Å². The van der Waals surface area contributed by atoms with Gasteiger partial charge in [-0.2, -0.15) is 0 Å². The zero-order chi connectivity index (χ0) is 21.1. The van der Waals surface area contributed by atoms with Gasteiger partial charge in [-0.25, -0.2) is 4.79 Å². The van der Waals surface area contributed by atoms with Crippen LogP contribution in [-0.2, 0) is 25.0 Å². The number of amides is 1. The van der Waals surface area contributed by atoms with Gasteiger partial charge in [-0.1, -0.05) is 67.9 Å². The Morgan fingerprint density at radius 1 is 1.00 bits per heavy atom. The normalized spacial score (nSPS) is 12.4. The Morgan fingerprint density at radius 3 is 2.14 bits per heavy atom. The quantitative estimate of drug-likeness (QED) is 0.415. The summed E-state index contributed by atoms with van der Waals surface area (Å²) in [6.07, 6.45) is 0.602. The molecule has 0 saturated heterocycles. The first-order chi connectivity index (χ1) is 14.0. The van der Waals surface area contributed by atoms with Crippen LogP contribution >= 0.6 is 19.2 Å². The molecule has 0 saturated carbocycles. The molecule has 2 aromatic rings. The summed E-state index contributed by atoms with van der Waals surface area (Å²) in [4.78, 5) is 12.5. The van der Waals surface area contributed by atoms with E-state index in [0.29, 0.717) is 23.4 Å². The molecule has 1 amide bonds. The summed E-state index contributed by atoms with van der Waals surface area (Å²) in [5, 5.41) is 3.19. The second-order valence-corrected chi connectivity index (χ2v) is 8.92. The van der Waals surface area contributed by atoms with Gasteiger partial charge in [-0.3, -0.25) is 4.57 Å². The molecule has 6 nitrogen and oxygen atoms in total. The molecule has 0 heterocycles. The summed E-state index contributed by atoms with van der Waals surface area (Å²) in [5.74, 6) is -1.01. The third-order valence-corrected chi connectivity index (χ3v) is 6.32. The number of halogens is 1. The molecule has 0 fully saturated rings. The number of nitrogens with one attached hydrogen (secondary N) is 1. The predicted octanol–water partition coefficient (Wildman–Crippen LogP) is 6.31. The minimum absolute atomic E-state index is 0.0932. The van der Waals surface area contributed by atoms with E-state index in [9.17, 15) is 9.36 Å². The zero-order valence-electron chi connectivity index (χ0n) is 16.7. The highest BCUT2D eigenvalue weighted by Gasteiger charge is 2.39. The minimum Gasteiger partial charge on any atom is -0.445 e. The average Bonchev–Trinajstić information content (AvgIpc) is 2.74. The summed E-state index contributed by atoms with van der Waals surface area (Å²) in [6.45, 7) is 4.39. The molecule has 2 aromatic carbocycles. The van der Waals surface area contributed by atoms with E-state index >= 15 is 0 Å². The van der Waals surface area contributed by atoms with Crippen LogP contribution in [0.3, 0.4) is 0 Å². The van der Waals surface area contributed by atoms with E-state index in [1.807, 2.05) is 44.2 Å². The molecule has 1 N–H and O–H groups in total. The molecule has 0 aromatic heterocycles. The molecule has 0 unspecified atom stereocenters. The first-order valence-corrected chi connectivity index (χ1v) is 11.6. The maximum atomic E-state index is 13.6. The Hall–Kier alpha value is -1.85. The smallest absolute Gasteiger partial charge is 0.408 e. The van der Waals surface area contributed by atoms with E-state index in [1.54, 1.807) is 24.3 Å². The molecule has 29 heavy (non-hydrogen) atoms. The van der Waals surface area contributed by atoms with Gasteiger partial charge in [0.05, 0.1) is 13.2 Å². The van der Waals surface area contributed by atoms with Crippen LogP contribution in [0.2, 0.25) is 5.02 Å². The topological polar surface area (TPSA) is 73.9 Å². The zero-order valence-corrected chi connectivity index (χ0v) is 18.3. The Morgan fingerprint density at radius 2 is 1.59 bits per heavy atom. The van der Waals surface area contributed by atoms with E-state index in [1.165, 1.54) is 0 Å². The second kappa shape index (κ2) is 12.0.